The van der Waals surface area contributed by atoms with Crippen LogP contribution in [-0.2, 0) is 0 Å². The molecule has 2 aromatic heterocycles. The predicted octanol–water partition coefficient (Wildman–Crippen LogP) is 2.80. The number of fused-ring (bicyclic) bond motifs is 5. The first kappa shape index (κ1) is 3.75. The fourth-order valence-electron chi connectivity index (χ4n) is 0.983. The van der Waals surface area contributed by atoms with Crippen molar-refractivity contribution in [2.75, 3.05) is 0 Å². The molecule has 0 aromatic carbocycles. The smallest absolute Gasteiger partial charge is 0.0449 e. The number of rotatable bonds is 0. The summed E-state index contributed by atoms with van der Waals surface area (Å²) < 4.78 is 2.97. The van der Waals surface area contributed by atoms with Crippen LogP contribution < -0.4 is 0 Å². The van der Waals surface area contributed by atoms with Gasteiger partial charge in [-0.2, -0.15) is 0 Å². The molecule has 0 N–H and O–H groups in total. The van der Waals surface area contributed by atoms with Crippen LogP contribution in [0.15, 0.2) is 21.9 Å². The molecule has 0 amide bonds. The highest BCUT2D eigenvalue weighted by Gasteiger charge is 2.27. The average Bonchev–Trinajstić information content (AvgIpc) is 2.39. The van der Waals surface area contributed by atoms with Gasteiger partial charge < -0.3 is 0 Å². The molecule has 2 heteroatoms. The van der Waals surface area contributed by atoms with Gasteiger partial charge in [-0.15, -0.1) is 11.3 Å². The zero-order valence-electron chi connectivity index (χ0n) is 3.97. The minimum absolute atomic E-state index is 1.49. The molecule has 0 saturated heterocycles. The zero-order chi connectivity index (χ0) is 5.14. The van der Waals surface area contributed by atoms with E-state index in [2.05, 4.69) is 12.1 Å². The predicted molar refractivity (Wildman–Crippen MR) is 37.1 cm³/mol. The van der Waals surface area contributed by atoms with Gasteiger partial charge in [0.05, 0.1) is 0 Å². The Kier molecular flexibility index (Phi) is 0.428. The van der Waals surface area contributed by atoms with Gasteiger partial charge in [0.15, 0.2) is 0 Å². The van der Waals surface area contributed by atoms with E-state index in [-0.39, 0.29) is 0 Å². The van der Waals surface area contributed by atoms with Gasteiger partial charge in [-0.3, -0.25) is 0 Å². The lowest BCUT2D eigenvalue weighted by molar-refractivity contribution is 1.54. The molecule has 0 saturated carbocycles. The summed E-state index contributed by atoms with van der Waals surface area (Å²) in [7, 11) is 0. The maximum Gasteiger partial charge on any atom is 0.0449 e. The van der Waals surface area contributed by atoms with Crippen molar-refractivity contribution in [3.05, 3.63) is 12.1 Å². The van der Waals surface area contributed by atoms with Crippen molar-refractivity contribution in [1.29, 1.82) is 0 Å². The molecule has 1 aliphatic rings. The van der Waals surface area contributed by atoms with E-state index in [9.17, 15) is 0 Å². The van der Waals surface area contributed by atoms with Crippen LogP contribution in [-0.4, -0.2) is 0 Å². The van der Waals surface area contributed by atoms with Crippen molar-refractivity contribution >= 4 is 32.5 Å². The van der Waals surface area contributed by atoms with Crippen molar-refractivity contribution in [2.24, 2.45) is 0 Å². The van der Waals surface area contributed by atoms with Crippen LogP contribution in [0.1, 0.15) is 0 Å². The molecule has 0 nitrogen and oxygen atoms in total. The van der Waals surface area contributed by atoms with E-state index >= 15 is 0 Å². The first-order valence-corrected chi connectivity index (χ1v) is 4.11. The van der Waals surface area contributed by atoms with Crippen molar-refractivity contribution < 1.29 is 0 Å². The van der Waals surface area contributed by atoms with Crippen LogP contribution in [0.4, 0.5) is 0 Å². The topological polar surface area (TPSA) is 0 Å². The molecule has 0 radical (unpaired) electrons. The van der Waals surface area contributed by atoms with Gasteiger partial charge in [-0.05, 0) is 12.1 Å². The lowest BCUT2D eigenvalue weighted by Gasteiger charge is -1.65. The lowest BCUT2D eigenvalue weighted by atomic mass is 10.4. The molecule has 1 aliphatic heterocycles. The van der Waals surface area contributed by atoms with Gasteiger partial charge in [0.25, 0.3) is 0 Å². The van der Waals surface area contributed by atoms with Gasteiger partial charge >= 0.3 is 0 Å². The summed E-state index contributed by atoms with van der Waals surface area (Å²) >= 11 is 3.85. The minimum Gasteiger partial charge on any atom is -0.134 e. The largest absolute Gasteiger partial charge is 0.134 e. The molecular weight excluding hydrogens is 136 g/mol. The van der Waals surface area contributed by atoms with Crippen molar-refractivity contribution in [2.45, 2.75) is 9.79 Å². The normalized spacial score (nSPS) is 15.0. The van der Waals surface area contributed by atoms with Gasteiger partial charge in [0.1, 0.15) is 0 Å². The Morgan fingerprint density at radius 1 is 1.00 bits per heavy atom. The van der Waals surface area contributed by atoms with Gasteiger partial charge in [0.2, 0.25) is 0 Å². The molecule has 38 valence electrons. The van der Waals surface area contributed by atoms with Gasteiger partial charge in [-0.25, -0.2) is 0 Å². The summed E-state index contributed by atoms with van der Waals surface area (Å²) in [6, 6.07) is 4.41. The Balaban J connectivity index is 2.86. The fraction of sp³-hybridized carbons (Fsp3) is 0. The summed E-state index contributed by atoms with van der Waals surface area (Å²) in [6.45, 7) is 0. The molecule has 0 spiro atoms. The third-order valence-corrected chi connectivity index (χ3v) is 3.85. The molecule has 2 aromatic rings. The van der Waals surface area contributed by atoms with Crippen LogP contribution in [0.25, 0.3) is 9.40 Å². The van der Waals surface area contributed by atoms with Gasteiger partial charge in [0, 0.05) is 19.2 Å². The molecule has 0 aliphatic carbocycles. The van der Waals surface area contributed by atoms with E-state index in [1.807, 2.05) is 23.1 Å². The second-order valence-corrected chi connectivity index (χ2v) is 4.03. The second-order valence-electron chi connectivity index (χ2n) is 1.92. The summed E-state index contributed by atoms with van der Waals surface area (Å²) in [5, 5.41) is 0. The van der Waals surface area contributed by atoms with E-state index in [1.54, 1.807) is 9.79 Å². The summed E-state index contributed by atoms with van der Waals surface area (Å²) in [4.78, 5) is 3.10. The Morgan fingerprint density at radius 2 is 1.62 bits per heavy atom. The SMILES string of the molecule is c1cc2sc1c1c2S1. The highest BCUT2D eigenvalue weighted by molar-refractivity contribution is 8.06. The number of thiophene rings is 2. The monoisotopic (exact) mass is 138 g/mol. The number of benzene rings is 1. The Hall–Kier alpha value is -0.210. The number of hydrogen-bond acceptors (Lipinski definition) is 2. The summed E-state index contributed by atoms with van der Waals surface area (Å²) in [5.41, 5.74) is 0. The van der Waals surface area contributed by atoms with Crippen LogP contribution in [0, 0.1) is 0 Å². The Bertz CT molecular complexity index is 303. The molecular formula is C6H2S2. The Labute approximate surface area is 54.8 Å². The standard InChI is InChI=1S/C6H2S2/c1-2-4-6-5(8-6)3(1)7-4/h1-2H. The van der Waals surface area contributed by atoms with Crippen LogP contribution >= 0.6 is 23.1 Å². The molecule has 0 unspecified atom stereocenters. The average molecular weight is 138 g/mol. The van der Waals surface area contributed by atoms with E-state index in [4.69, 9.17) is 0 Å². The van der Waals surface area contributed by atoms with E-state index in [0.29, 0.717) is 0 Å². The first-order chi connectivity index (χ1) is 3.95. The lowest BCUT2D eigenvalue weighted by Crippen LogP contribution is -1.42. The van der Waals surface area contributed by atoms with Crippen molar-refractivity contribution in [3.63, 3.8) is 0 Å². The van der Waals surface area contributed by atoms with Gasteiger partial charge in [-0.1, -0.05) is 11.8 Å². The Morgan fingerprint density at radius 3 is 2.00 bits per heavy atom. The van der Waals surface area contributed by atoms with Crippen LogP contribution in [0.3, 0.4) is 0 Å². The third kappa shape index (κ3) is 0.256. The highest BCUT2D eigenvalue weighted by Crippen LogP contribution is 2.59. The highest BCUT2D eigenvalue weighted by atomic mass is 32.2. The molecule has 0 atom stereocenters. The quantitative estimate of drug-likeness (QED) is 0.430. The van der Waals surface area contributed by atoms with Crippen molar-refractivity contribution in [3.8, 4) is 0 Å². The van der Waals surface area contributed by atoms with Crippen molar-refractivity contribution in [1.82, 2.24) is 0 Å². The first-order valence-electron chi connectivity index (χ1n) is 2.48. The molecule has 8 heavy (non-hydrogen) atoms. The molecule has 3 heterocycles. The molecule has 2 bridgehead atoms. The second kappa shape index (κ2) is 0.913. The summed E-state index contributed by atoms with van der Waals surface area (Å²) in [5.74, 6) is 0. The van der Waals surface area contributed by atoms with E-state index in [1.165, 1.54) is 9.40 Å². The minimum atomic E-state index is 1.49. The summed E-state index contributed by atoms with van der Waals surface area (Å²) in [6.07, 6.45) is 0. The maximum atomic E-state index is 2.21. The number of hydrogen-bond donors (Lipinski definition) is 0. The van der Waals surface area contributed by atoms with E-state index in [0.717, 1.165) is 0 Å². The van der Waals surface area contributed by atoms with Crippen LogP contribution in [0.2, 0.25) is 0 Å². The van der Waals surface area contributed by atoms with E-state index < -0.39 is 0 Å². The third-order valence-electron chi connectivity index (χ3n) is 1.42. The molecule has 3 rings (SSSR count). The fourth-order valence-corrected chi connectivity index (χ4v) is 3.22. The molecule has 0 fully saturated rings. The maximum absolute atomic E-state index is 2.21. The van der Waals surface area contributed by atoms with Crippen LogP contribution in [0.5, 0.6) is 0 Å². The zero-order valence-corrected chi connectivity index (χ0v) is 5.60.